The molecule has 110 valence electrons. The lowest BCUT2D eigenvalue weighted by atomic mass is 10.6. The van der Waals surface area contributed by atoms with Crippen molar-refractivity contribution >= 4 is 21.7 Å². The maximum Gasteiger partial charge on any atom is 0.525 e. The number of halogens is 10. The van der Waals surface area contributed by atoms with E-state index >= 15 is 0 Å². The van der Waals surface area contributed by atoms with E-state index in [9.17, 15) is 39.5 Å². The van der Waals surface area contributed by atoms with Gasteiger partial charge in [-0.25, -0.2) is 22.3 Å². The van der Waals surface area contributed by atoms with E-state index in [1.165, 1.54) is 0 Å². The Kier molecular flexibility index (Phi) is 5.90. The molecule has 0 aliphatic carbocycles. The molecule has 0 heterocycles. The number of alkyl halides is 9. The van der Waals surface area contributed by atoms with Crippen molar-refractivity contribution in [1.29, 1.82) is 0 Å². The third kappa shape index (κ3) is 4.90. The number of rotatable bonds is 6. The minimum atomic E-state index is -5.86. The van der Waals surface area contributed by atoms with E-state index in [-0.39, 0.29) is 0 Å². The Morgan fingerprint density at radius 3 is 1.50 bits per heavy atom. The molecule has 0 aliphatic heterocycles. The van der Waals surface area contributed by atoms with E-state index in [2.05, 4.69) is 20.2 Å². The smallest absolute Gasteiger partial charge is 0.267 e. The second-order valence-electron chi connectivity index (χ2n) is 2.49. The Morgan fingerprint density at radius 1 is 0.833 bits per heavy atom. The Balaban J connectivity index is 5.23. The summed E-state index contributed by atoms with van der Waals surface area (Å²) in [5.41, 5.74) is 0. The third-order valence-electron chi connectivity index (χ3n) is 1.17. The fourth-order valence-corrected chi connectivity index (χ4v) is 1.30. The molecule has 0 N–H and O–H groups in total. The molecule has 0 bridgehead atoms. The van der Waals surface area contributed by atoms with E-state index in [0.717, 1.165) is 0 Å². The average molecular weight is 333 g/mol. The van der Waals surface area contributed by atoms with Crippen LogP contribution in [0.5, 0.6) is 0 Å². The van der Waals surface area contributed by atoms with Gasteiger partial charge in [0, 0.05) is 11.0 Å². The minimum absolute atomic E-state index is 1.16. The summed E-state index contributed by atoms with van der Waals surface area (Å²) < 4.78 is 113. The molecule has 0 saturated heterocycles. The first-order valence-corrected chi connectivity index (χ1v) is 5.21. The molecule has 2 nitrogen and oxygen atoms in total. The van der Waals surface area contributed by atoms with Crippen molar-refractivity contribution in [2.45, 2.75) is 30.4 Å². The summed E-state index contributed by atoms with van der Waals surface area (Å²) in [6.45, 7) is 0. The van der Waals surface area contributed by atoms with Crippen molar-refractivity contribution in [2.24, 2.45) is 0 Å². The number of ether oxygens (including phenoxy) is 2. The standard InChI is InChI=1S/C5H2ClF9O2S/c6-18-4(2(9)10,17-5(13,14)15)16-3(11,12)1(7)8/h1-2H. The maximum atomic E-state index is 12.3. The summed E-state index contributed by atoms with van der Waals surface area (Å²) in [5.74, 6) is 0. The lowest BCUT2D eigenvalue weighted by molar-refractivity contribution is -0.456. The van der Waals surface area contributed by atoms with Crippen molar-refractivity contribution in [3.05, 3.63) is 0 Å². The SMILES string of the molecule is FC(F)C(F)(F)OC(OC(F)(F)F)(SCl)C(F)F. The molecule has 0 saturated carbocycles. The van der Waals surface area contributed by atoms with Crippen LogP contribution in [0.25, 0.3) is 0 Å². The molecule has 1 unspecified atom stereocenters. The molecular weight excluding hydrogens is 331 g/mol. The highest BCUT2D eigenvalue weighted by atomic mass is 35.7. The van der Waals surface area contributed by atoms with Crippen molar-refractivity contribution in [1.82, 2.24) is 0 Å². The van der Waals surface area contributed by atoms with Crippen molar-refractivity contribution in [3.8, 4) is 0 Å². The summed E-state index contributed by atoms with van der Waals surface area (Å²) in [4.78, 5) is 0. The second kappa shape index (κ2) is 5.92. The Bertz CT molecular complexity index is 272. The monoisotopic (exact) mass is 332 g/mol. The molecule has 0 aromatic heterocycles. The molecule has 0 aliphatic rings. The van der Waals surface area contributed by atoms with Crippen molar-refractivity contribution < 1.29 is 49.0 Å². The van der Waals surface area contributed by atoms with Crippen LogP contribution in [0.3, 0.4) is 0 Å². The van der Waals surface area contributed by atoms with E-state index in [1.807, 2.05) is 0 Å². The van der Waals surface area contributed by atoms with E-state index in [1.54, 1.807) is 0 Å². The molecule has 0 amide bonds. The van der Waals surface area contributed by atoms with Gasteiger partial charge in [0.2, 0.25) is 0 Å². The van der Waals surface area contributed by atoms with Crippen LogP contribution < -0.4 is 0 Å². The van der Waals surface area contributed by atoms with Crippen molar-refractivity contribution in [2.75, 3.05) is 0 Å². The molecule has 0 fully saturated rings. The predicted molar refractivity (Wildman–Crippen MR) is 41.4 cm³/mol. The van der Waals surface area contributed by atoms with Crippen LogP contribution in [0.15, 0.2) is 0 Å². The third-order valence-corrected chi connectivity index (χ3v) is 2.37. The number of hydrogen-bond acceptors (Lipinski definition) is 3. The van der Waals surface area contributed by atoms with Gasteiger partial charge >= 0.3 is 30.4 Å². The van der Waals surface area contributed by atoms with Crippen LogP contribution in [0.2, 0.25) is 0 Å². The average Bonchev–Trinajstić information content (AvgIpc) is 2.13. The first-order chi connectivity index (χ1) is 7.86. The highest BCUT2D eigenvalue weighted by molar-refractivity contribution is 8.21. The molecule has 0 radical (unpaired) electrons. The molecule has 0 aromatic carbocycles. The molecule has 18 heavy (non-hydrogen) atoms. The van der Waals surface area contributed by atoms with Crippen LogP contribution in [0.4, 0.5) is 39.5 Å². The van der Waals surface area contributed by atoms with Gasteiger partial charge < -0.3 is 0 Å². The van der Waals surface area contributed by atoms with E-state index in [4.69, 9.17) is 0 Å². The lowest BCUT2D eigenvalue weighted by Gasteiger charge is -2.32. The first-order valence-electron chi connectivity index (χ1n) is 3.57. The minimum Gasteiger partial charge on any atom is -0.267 e. The van der Waals surface area contributed by atoms with E-state index in [0.29, 0.717) is 0 Å². The summed E-state index contributed by atoms with van der Waals surface area (Å²) in [6.07, 6.45) is -20.5. The molecule has 0 spiro atoms. The predicted octanol–water partition coefficient (Wildman–Crippen LogP) is 4.20. The Morgan fingerprint density at radius 2 is 1.28 bits per heavy atom. The van der Waals surface area contributed by atoms with Crippen LogP contribution in [0.1, 0.15) is 0 Å². The Labute approximate surface area is 102 Å². The van der Waals surface area contributed by atoms with Gasteiger partial charge in [0.05, 0.1) is 0 Å². The fourth-order valence-electron chi connectivity index (χ4n) is 0.571. The van der Waals surface area contributed by atoms with Gasteiger partial charge in [0.25, 0.3) is 0 Å². The maximum absolute atomic E-state index is 12.3. The summed E-state index contributed by atoms with van der Waals surface area (Å²) in [7, 11) is 3.39. The summed E-state index contributed by atoms with van der Waals surface area (Å²) in [5, 5.41) is -4.51. The largest absolute Gasteiger partial charge is 0.525 e. The highest BCUT2D eigenvalue weighted by Crippen LogP contribution is 2.46. The normalized spacial score (nSPS) is 17.3. The lowest BCUT2D eigenvalue weighted by Crippen LogP contribution is -2.50. The van der Waals surface area contributed by atoms with Gasteiger partial charge in [-0.1, -0.05) is 0 Å². The molecule has 13 heteroatoms. The van der Waals surface area contributed by atoms with Gasteiger partial charge in [0.1, 0.15) is 0 Å². The quantitative estimate of drug-likeness (QED) is 0.536. The van der Waals surface area contributed by atoms with Crippen LogP contribution >= 0.6 is 21.7 Å². The van der Waals surface area contributed by atoms with Gasteiger partial charge in [-0.15, -0.1) is 13.2 Å². The van der Waals surface area contributed by atoms with Gasteiger partial charge in [-0.3, -0.25) is 4.74 Å². The summed E-state index contributed by atoms with van der Waals surface area (Å²) in [6, 6.07) is 0. The molecular formula is C5H2ClF9O2S. The fraction of sp³-hybridized carbons (Fsp3) is 1.00. The van der Waals surface area contributed by atoms with Gasteiger partial charge in [0.15, 0.2) is 0 Å². The molecule has 0 aromatic rings. The second-order valence-corrected chi connectivity index (χ2v) is 3.68. The van der Waals surface area contributed by atoms with Gasteiger partial charge in [-0.2, -0.15) is 8.78 Å². The zero-order valence-electron chi connectivity index (χ0n) is 7.66. The first kappa shape index (κ1) is 17.9. The molecule has 1 atom stereocenters. The zero-order chi connectivity index (χ0) is 14.8. The van der Waals surface area contributed by atoms with Gasteiger partial charge in [-0.05, 0) is 10.7 Å². The topological polar surface area (TPSA) is 18.5 Å². The van der Waals surface area contributed by atoms with Crippen LogP contribution in [-0.4, -0.2) is 30.4 Å². The van der Waals surface area contributed by atoms with Crippen LogP contribution in [0, 0.1) is 0 Å². The molecule has 0 rings (SSSR count). The Hall–Kier alpha value is -0.0700. The summed E-state index contributed by atoms with van der Waals surface area (Å²) >= 11 is 0. The van der Waals surface area contributed by atoms with E-state index < -0.39 is 41.4 Å². The van der Waals surface area contributed by atoms with Crippen LogP contribution in [-0.2, 0) is 9.47 Å². The van der Waals surface area contributed by atoms with Crippen molar-refractivity contribution in [3.63, 3.8) is 0 Å². The highest BCUT2D eigenvalue weighted by Gasteiger charge is 2.60. The number of hydrogen-bond donors (Lipinski definition) is 0. The zero-order valence-corrected chi connectivity index (χ0v) is 9.23.